The first kappa shape index (κ1) is 12.2. The van der Waals surface area contributed by atoms with E-state index in [2.05, 4.69) is 0 Å². The van der Waals surface area contributed by atoms with Crippen LogP contribution in [0.15, 0.2) is 12.1 Å². The lowest BCUT2D eigenvalue weighted by Gasteiger charge is -2.18. The molecule has 0 atom stereocenters. The van der Waals surface area contributed by atoms with Crippen LogP contribution in [0.2, 0.25) is 0 Å². The third-order valence-corrected chi connectivity index (χ3v) is 2.36. The number of ether oxygens (including phenoxy) is 3. The number of hydrogen-bond donors (Lipinski definition) is 0. The zero-order valence-corrected chi connectivity index (χ0v) is 9.67. The molecule has 0 aromatic heterocycles. The number of fused-ring (bicyclic) bond motifs is 1. The average Bonchev–Trinajstić information content (AvgIpc) is 2.37. The van der Waals surface area contributed by atoms with Crippen molar-refractivity contribution in [2.45, 2.75) is 6.92 Å². The number of nitro benzene ring substituents is 1. The molecular weight excluding hydrogens is 242 g/mol. The Morgan fingerprint density at radius 1 is 1.44 bits per heavy atom. The van der Waals surface area contributed by atoms with Gasteiger partial charge in [-0.2, -0.15) is 0 Å². The molecule has 1 heterocycles. The molecule has 0 fully saturated rings. The molecule has 0 unspecified atom stereocenters. The van der Waals surface area contributed by atoms with E-state index in [1.165, 1.54) is 12.1 Å². The lowest BCUT2D eigenvalue weighted by molar-refractivity contribution is -0.386. The van der Waals surface area contributed by atoms with Crippen LogP contribution in [0.5, 0.6) is 11.5 Å². The van der Waals surface area contributed by atoms with Gasteiger partial charge in [0.25, 0.3) is 0 Å². The second-order valence-electron chi connectivity index (χ2n) is 3.46. The highest BCUT2D eigenvalue weighted by Crippen LogP contribution is 2.41. The maximum atomic E-state index is 11.6. The Morgan fingerprint density at radius 3 is 2.83 bits per heavy atom. The fraction of sp³-hybridized carbons (Fsp3) is 0.364. The molecule has 1 aliphatic rings. The van der Waals surface area contributed by atoms with E-state index >= 15 is 0 Å². The fourth-order valence-electron chi connectivity index (χ4n) is 1.66. The number of hydrogen-bond acceptors (Lipinski definition) is 6. The van der Waals surface area contributed by atoms with Crippen molar-refractivity contribution in [2.24, 2.45) is 0 Å². The summed E-state index contributed by atoms with van der Waals surface area (Å²) in [6.07, 6.45) is 0. The molecule has 18 heavy (non-hydrogen) atoms. The molecule has 1 aromatic rings. The van der Waals surface area contributed by atoms with Gasteiger partial charge >= 0.3 is 11.7 Å². The largest absolute Gasteiger partial charge is 0.486 e. The lowest BCUT2D eigenvalue weighted by atomic mass is 10.1. The summed E-state index contributed by atoms with van der Waals surface area (Å²) in [6, 6.07) is 2.78. The van der Waals surface area contributed by atoms with E-state index in [1.807, 2.05) is 0 Å². The summed E-state index contributed by atoms with van der Waals surface area (Å²) in [5, 5.41) is 11.1. The molecule has 2 rings (SSSR count). The summed E-state index contributed by atoms with van der Waals surface area (Å²) in [6.45, 7) is 2.30. The SMILES string of the molecule is CCOC(=O)c1ccc2c(c1[N+](=O)[O-])OCCO2. The molecule has 0 aliphatic carbocycles. The first-order valence-corrected chi connectivity index (χ1v) is 5.39. The summed E-state index contributed by atoms with van der Waals surface area (Å²) in [5.41, 5.74) is -0.545. The van der Waals surface area contributed by atoms with Gasteiger partial charge in [0.05, 0.1) is 11.5 Å². The summed E-state index contributed by atoms with van der Waals surface area (Å²) < 4.78 is 15.2. The summed E-state index contributed by atoms with van der Waals surface area (Å²) in [5.74, 6) is -0.501. The van der Waals surface area contributed by atoms with Crippen molar-refractivity contribution in [1.82, 2.24) is 0 Å². The molecule has 7 nitrogen and oxygen atoms in total. The highest BCUT2D eigenvalue weighted by molar-refractivity contribution is 5.96. The monoisotopic (exact) mass is 253 g/mol. The quantitative estimate of drug-likeness (QED) is 0.461. The van der Waals surface area contributed by atoms with Crippen molar-refractivity contribution in [1.29, 1.82) is 0 Å². The minimum Gasteiger partial charge on any atom is -0.486 e. The van der Waals surface area contributed by atoms with Gasteiger partial charge in [0.1, 0.15) is 18.8 Å². The Kier molecular flexibility index (Phi) is 3.31. The molecule has 1 aliphatic heterocycles. The van der Waals surface area contributed by atoms with E-state index in [0.29, 0.717) is 6.61 Å². The molecule has 0 spiro atoms. The van der Waals surface area contributed by atoms with Gasteiger partial charge in [-0.3, -0.25) is 10.1 Å². The van der Waals surface area contributed by atoms with Crippen LogP contribution >= 0.6 is 0 Å². The minimum atomic E-state index is -0.749. The topological polar surface area (TPSA) is 87.9 Å². The summed E-state index contributed by atoms with van der Waals surface area (Å²) in [7, 11) is 0. The average molecular weight is 253 g/mol. The van der Waals surface area contributed by atoms with E-state index in [0.717, 1.165) is 0 Å². The second kappa shape index (κ2) is 4.91. The molecule has 0 N–H and O–H groups in total. The Balaban J connectivity index is 2.53. The Morgan fingerprint density at radius 2 is 2.17 bits per heavy atom. The van der Waals surface area contributed by atoms with Gasteiger partial charge < -0.3 is 14.2 Å². The van der Waals surface area contributed by atoms with Gasteiger partial charge in [-0.25, -0.2) is 4.79 Å². The second-order valence-corrected chi connectivity index (χ2v) is 3.46. The Bertz CT molecular complexity index is 499. The van der Waals surface area contributed by atoms with Crippen molar-refractivity contribution in [2.75, 3.05) is 19.8 Å². The van der Waals surface area contributed by atoms with E-state index < -0.39 is 16.6 Å². The fourth-order valence-corrected chi connectivity index (χ4v) is 1.66. The first-order chi connectivity index (χ1) is 8.65. The van der Waals surface area contributed by atoms with Crippen molar-refractivity contribution >= 4 is 11.7 Å². The van der Waals surface area contributed by atoms with Crippen molar-refractivity contribution in [3.63, 3.8) is 0 Å². The first-order valence-electron chi connectivity index (χ1n) is 5.39. The normalized spacial score (nSPS) is 12.9. The smallest absolute Gasteiger partial charge is 0.345 e. The lowest BCUT2D eigenvalue weighted by Crippen LogP contribution is -2.18. The minimum absolute atomic E-state index is 0.0168. The number of rotatable bonds is 3. The van der Waals surface area contributed by atoms with Gasteiger partial charge in [0.2, 0.25) is 5.75 Å². The molecule has 96 valence electrons. The Hall–Kier alpha value is -2.31. The molecule has 0 saturated carbocycles. The van der Waals surface area contributed by atoms with E-state index in [4.69, 9.17) is 14.2 Å². The highest BCUT2D eigenvalue weighted by Gasteiger charge is 2.31. The number of nitro groups is 1. The van der Waals surface area contributed by atoms with Crippen LogP contribution in [0.4, 0.5) is 5.69 Å². The molecule has 1 aromatic carbocycles. The molecule has 0 saturated heterocycles. The van der Waals surface area contributed by atoms with E-state index in [1.54, 1.807) is 6.92 Å². The van der Waals surface area contributed by atoms with Gasteiger partial charge in [0.15, 0.2) is 5.75 Å². The van der Waals surface area contributed by atoms with Crippen LogP contribution in [-0.4, -0.2) is 30.7 Å². The van der Waals surface area contributed by atoms with Crippen molar-refractivity contribution in [3.05, 3.63) is 27.8 Å². The van der Waals surface area contributed by atoms with Gasteiger partial charge in [-0.15, -0.1) is 0 Å². The van der Waals surface area contributed by atoms with Crippen LogP contribution in [0, 0.1) is 10.1 Å². The van der Waals surface area contributed by atoms with Gasteiger partial charge in [0, 0.05) is 0 Å². The third-order valence-electron chi connectivity index (χ3n) is 2.36. The maximum Gasteiger partial charge on any atom is 0.345 e. The number of nitrogens with zero attached hydrogens (tertiary/aromatic N) is 1. The molecule has 7 heteroatoms. The summed E-state index contributed by atoms with van der Waals surface area (Å²) in [4.78, 5) is 22.0. The standard InChI is InChI=1S/C11H11NO6/c1-2-16-11(13)7-3-4-8-10(9(7)12(14)15)18-6-5-17-8/h3-4H,2,5-6H2,1H3. The number of carbonyl (C=O) groups is 1. The van der Waals surface area contributed by atoms with Crippen molar-refractivity contribution in [3.8, 4) is 11.5 Å². The zero-order chi connectivity index (χ0) is 13.1. The molecule has 0 amide bonds. The van der Waals surface area contributed by atoms with Crippen LogP contribution in [0.1, 0.15) is 17.3 Å². The summed E-state index contributed by atoms with van der Waals surface area (Å²) >= 11 is 0. The number of carbonyl (C=O) groups excluding carboxylic acids is 1. The number of benzene rings is 1. The zero-order valence-electron chi connectivity index (χ0n) is 9.67. The molecule has 0 radical (unpaired) electrons. The molecule has 0 bridgehead atoms. The van der Waals surface area contributed by atoms with Crippen molar-refractivity contribution < 1.29 is 23.9 Å². The maximum absolute atomic E-state index is 11.6. The highest BCUT2D eigenvalue weighted by atomic mass is 16.6. The van der Waals surface area contributed by atoms with E-state index in [9.17, 15) is 14.9 Å². The Labute approximate surface area is 102 Å². The van der Waals surface area contributed by atoms with Crippen LogP contribution in [0.25, 0.3) is 0 Å². The third kappa shape index (κ3) is 2.06. The van der Waals surface area contributed by atoms with E-state index in [-0.39, 0.29) is 30.3 Å². The van der Waals surface area contributed by atoms with Gasteiger partial charge in [-0.1, -0.05) is 0 Å². The van der Waals surface area contributed by atoms with Crippen LogP contribution < -0.4 is 9.47 Å². The van der Waals surface area contributed by atoms with Gasteiger partial charge in [-0.05, 0) is 19.1 Å². The predicted octanol–water partition coefficient (Wildman–Crippen LogP) is 1.54. The number of esters is 1. The van der Waals surface area contributed by atoms with Crippen LogP contribution in [-0.2, 0) is 4.74 Å². The molecular formula is C11H11NO6. The van der Waals surface area contributed by atoms with Crippen LogP contribution in [0.3, 0.4) is 0 Å². The predicted molar refractivity (Wildman–Crippen MR) is 60.0 cm³/mol.